The molecular formula is C28H65Li2N5OSi2+2. The van der Waals surface area contributed by atoms with Crippen molar-refractivity contribution in [2.24, 2.45) is 0 Å². The van der Waals surface area contributed by atoms with Crippen LogP contribution >= 0.6 is 0 Å². The zero-order chi connectivity index (χ0) is 27.9. The first-order valence-electron chi connectivity index (χ1n) is 14.8. The third kappa shape index (κ3) is 16.1. The zero-order valence-corrected chi connectivity index (χ0v) is 30.6. The van der Waals surface area contributed by atoms with Crippen molar-refractivity contribution in [2.45, 2.75) is 128 Å². The molecule has 0 aliphatic heterocycles. The Morgan fingerprint density at radius 1 is 0.789 bits per heavy atom. The van der Waals surface area contributed by atoms with E-state index in [0.717, 1.165) is 18.3 Å². The summed E-state index contributed by atoms with van der Waals surface area (Å²) in [6.07, 6.45) is 12.9. The van der Waals surface area contributed by atoms with Gasteiger partial charge in [-0.3, -0.25) is 0 Å². The van der Waals surface area contributed by atoms with Gasteiger partial charge in [0.05, 0.1) is 21.1 Å². The first-order chi connectivity index (χ1) is 16.3. The molecular weight excluding hydrogens is 492 g/mol. The van der Waals surface area contributed by atoms with Gasteiger partial charge in [-0.25, -0.2) is 0 Å². The molecule has 0 heterocycles. The van der Waals surface area contributed by atoms with Crippen LogP contribution in [0.25, 0.3) is 4.98 Å². The molecule has 0 spiro atoms. The summed E-state index contributed by atoms with van der Waals surface area (Å²) in [5.74, 6) is 0. The smallest absolute Gasteiger partial charge is 0.858 e. The number of hydrogen-bond donors (Lipinski definition) is 2. The summed E-state index contributed by atoms with van der Waals surface area (Å²) < 4.78 is 0. The maximum absolute atomic E-state index is 11.9. The summed E-state index contributed by atoms with van der Waals surface area (Å²) in [6, 6.07) is 2.89. The van der Waals surface area contributed by atoms with Crippen molar-refractivity contribution < 1.29 is 52.3 Å². The number of rotatable bonds is 9. The van der Waals surface area contributed by atoms with E-state index >= 15 is 0 Å². The molecule has 2 fully saturated rings. The van der Waals surface area contributed by atoms with E-state index in [2.05, 4.69) is 86.0 Å². The van der Waals surface area contributed by atoms with Crippen molar-refractivity contribution in [3.05, 3.63) is 4.98 Å². The molecule has 10 heteroatoms. The molecule has 2 saturated carbocycles. The third-order valence-corrected chi connectivity index (χ3v) is 12.0. The minimum atomic E-state index is -2.21. The van der Waals surface area contributed by atoms with Crippen molar-refractivity contribution in [3.63, 3.8) is 0 Å². The minimum Gasteiger partial charge on any atom is -0.858 e. The predicted octanol–water partition coefficient (Wildman–Crippen LogP) is -4.22. The van der Waals surface area contributed by atoms with Crippen LogP contribution in [0.15, 0.2) is 0 Å². The van der Waals surface area contributed by atoms with E-state index < -0.39 is 16.6 Å². The van der Waals surface area contributed by atoms with Gasteiger partial charge >= 0.3 is 37.7 Å². The Hall–Kier alpha value is 1.39. The molecule has 0 aromatic carbocycles. The molecule has 0 saturated heterocycles. The number of nitrogens with one attached hydrogen (secondary N) is 2. The van der Waals surface area contributed by atoms with E-state index in [0.29, 0.717) is 12.1 Å². The molecule has 2 aliphatic rings. The van der Waals surface area contributed by atoms with Gasteiger partial charge in [0, 0.05) is 39.3 Å². The second-order valence-corrected chi connectivity index (χ2v) is 22.8. The van der Waals surface area contributed by atoms with Crippen LogP contribution in [0.5, 0.6) is 0 Å². The van der Waals surface area contributed by atoms with E-state index in [1.54, 1.807) is 9.80 Å². The van der Waals surface area contributed by atoms with Gasteiger partial charge in [0.25, 0.3) is 0 Å². The molecule has 0 aromatic heterocycles. The maximum atomic E-state index is 11.9. The van der Waals surface area contributed by atoms with Crippen LogP contribution in [-0.4, -0.2) is 111 Å². The van der Waals surface area contributed by atoms with E-state index in [9.17, 15) is 4.80 Å². The minimum absolute atomic E-state index is 0. The summed E-state index contributed by atoms with van der Waals surface area (Å²) >= 11 is 0. The summed E-state index contributed by atoms with van der Waals surface area (Å²) in [5, 5.41) is 0. The topological polar surface area (TPSA) is 52.5 Å². The fourth-order valence-corrected chi connectivity index (χ4v) is 12.1. The number of quaternary nitrogens is 2. The Labute approximate surface area is 265 Å². The van der Waals surface area contributed by atoms with Crippen molar-refractivity contribution in [2.75, 3.05) is 54.6 Å². The van der Waals surface area contributed by atoms with Crippen LogP contribution in [0.1, 0.15) is 72.1 Å². The van der Waals surface area contributed by atoms with E-state index in [-0.39, 0.29) is 43.3 Å². The first-order valence-corrected chi connectivity index (χ1v) is 21.0. The van der Waals surface area contributed by atoms with Gasteiger partial charge in [0.2, 0.25) is 0 Å². The Balaban J connectivity index is 0. The van der Waals surface area contributed by atoms with Crippen LogP contribution in [0.2, 0.25) is 26.2 Å². The molecule has 216 valence electrons. The van der Waals surface area contributed by atoms with Gasteiger partial charge in [0.15, 0.2) is 0 Å². The second-order valence-electron chi connectivity index (χ2n) is 14.8. The monoisotopic (exact) mass is 558 g/mol. The van der Waals surface area contributed by atoms with Gasteiger partial charge in [0.1, 0.15) is 12.1 Å². The summed E-state index contributed by atoms with van der Waals surface area (Å²) in [5.41, 5.74) is 0.120. The molecule has 6 nitrogen and oxygen atoms in total. The Morgan fingerprint density at radius 2 is 1.24 bits per heavy atom. The van der Waals surface area contributed by atoms with Gasteiger partial charge in [-0.05, 0) is 61.3 Å². The van der Waals surface area contributed by atoms with Crippen LogP contribution in [0.4, 0.5) is 0 Å². The van der Waals surface area contributed by atoms with Gasteiger partial charge in [-0.15, -0.1) is 5.54 Å². The first kappa shape index (κ1) is 41.5. The maximum Gasteiger partial charge on any atom is 1.00 e. The fourth-order valence-electron chi connectivity index (χ4n) is 7.10. The molecule has 38 heavy (non-hydrogen) atoms. The van der Waals surface area contributed by atoms with Crippen LogP contribution in [0, 0.1) is 0 Å². The summed E-state index contributed by atoms with van der Waals surface area (Å²) in [7, 11) is 9.86. The Morgan fingerprint density at radius 3 is 1.66 bits per heavy atom. The number of likely N-dealkylation sites (N-methyl/N-ethyl adjacent to an activating group) is 4. The molecule has 1 unspecified atom stereocenters. The molecule has 5 atom stereocenters. The molecule has 0 amide bonds. The standard InChI is InChI=1S/C16H36N3Si.C12H27N2OSi.2Li/c1-16(2,3)17-20(7,8)13-19(6)15-12-10-9-11-14(15)18(4)5;1-13(2)11-8-6-7-9-12(11)14(3)10-16(4,5)15;;/h14-15H,9-13H2,1-8H3;11-12H,6-10H2,1-5H3;;/q2*-1;2*+1/p+2/t14-,15-;11-,12-;;/m11../s1. The Kier molecular flexibility index (Phi) is 19.8. The van der Waals surface area contributed by atoms with Crippen LogP contribution < -0.4 is 52.3 Å². The van der Waals surface area contributed by atoms with E-state index in [1.165, 1.54) is 57.5 Å². The molecule has 0 aromatic rings. The van der Waals surface area contributed by atoms with Crippen LogP contribution in [-0.2, 0) is 0 Å². The second kappa shape index (κ2) is 18.1. The molecule has 0 radical (unpaired) electrons. The third-order valence-electron chi connectivity index (χ3n) is 8.04. The van der Waals surface area contributed by atoms with Gasteiger partial charge in [-0.1, -0.05) is 59.8 Å². The molecule has 0 bridgehead atoms. The number of nitrogens with zero attached hydrogens (tertiary/aromatic N) is 3. The van der Waals surface area contributed by atoms with Crippen LogP contribution in [0.3, 0.4) is 0 Å². The zero-order valence-electron chi connectivity index (χ0n) is 28.6. The predicted molar refractivity (Wildman–Crippen MR) is 161 cm³/mol. The quantitative estimate of drug-likeness (QED) is 0.283. The van der Waals surface area contributed by atoms with Crippen molar-refractivity contribution >= 4 is 16.6 Å². The van der Waals surface area contributed by atoms with E-state index in [1.807, 2.05) is 13.1 Å². The van der Waals surface area contributed by atoms with Crippen molar-refractivity contribution in [1.82, 2.24) is 9.80 Å². The average Bonchev–Trinajstić information content (AvgIpc) is 2.70. The largest absolute Gasteiger partial charge is 1.00 e. The summed E-state index contributed by atoms with van der Waals surface area (Å²) in [6.45, 7) is 15.4. The molecule has 2 N–H and O–H groups in total. The van der Waals surface area contributed by atoms with Crippen molar-refractivity contribution in [1.29, 1.82) is 0 Å². The van der Waals surface area contributed by atoms with Gasteiger partial charge < -0.3 is 29.4 Å². The Bertz CT molecular complexity index is 629. The average molecular weight is 558 g/mol. The molecule has 2 rings (SSSR count). The number of hydrogen-bond acceptors (Lipinski definition) is 3. The normalized spacial score (nSPS) is 25.8. The fraction of sp³-hybridized carbons (Fsp3) is 1.00. The summed E-state index contributed by atoms with van der Waals surface area (Å²) in [4.78, 5) is 25.1. The SMILES string of the molecule is CN(C)[C@@H]1CCCC[C@H]1N(C)C[Si](C)(C)[O-].C[NH+](C)[C@@H]1CCCC[C@H]1[NH+](C)C[Si](C)(C)[N-]C(C)(C)C.[Li+].[Li+]. The molecule has 2 aliphatic carbocycles. The van der Waals surface area contributed by atoms with Gasteiger partial charge in [-0.2, -0.15) is 0 Å². The van der Waals surface area contributed by atoms with Crippen molar-refractivity contribution in [3.8, 4) is 0 Å². The van der Waals surface area contributed by atoms with E-state index in [4.69, 9.17) is 4.98 Å².